The fourth-order valence-corrected chi connectivity index (χ4v) is 1.61. The van der Waals surface area contributed by atoms with Gasteiger partial charge in [-0.2, -0.15) is 13.2 Å². The average molecular weight is 245 g/mol. The third-order valence-corrected chi connectivity index (χ3v) is 2.69. The van der Waals surface area contributed by atoms with E-state index in [1.807, 2.05) is 0 Å². The average Bonchev–Trinajstić information content (AvgIpc) is 2.14. The number of pyridine rings is 1. The van der Waals surface area contributed by atoms with Crippen LogP contribution in [0.15, 0.2) is 18.3 Å². The van der Waals surface area contributed by atoms with E-state index in [1.165, 1.54) is 6.07 Å². The van der Waals surface area contributed by atoms with Crippen molar-refractivity contribution in [1.29, 1.82) is 0 Å². The zero-order chi connectivity index (χ0) is 12.6. The number of rotatable bonds is 2. The molecule has 1 saturated heterocycles. The van der Waals surface area contributed by atoms with Crippen LogP contribution in [0.3, 0.4) is 0 Å². The Kier molecular flexibility index (Phi) is 2.68. The number of carbonyl (C=O) groups excluding carboxylic acids is 1. The minimum Gasteiger partial charge on any atom is -0.369 e. The minimum atomic E-state index is -4.43. The van der Waals surface area contributed by atoms with E-state index in [4.69, 9.17) is 5.73 Å². The van der Waals surface area contributed by atoms with Crippen molar-refractivity contribution < 1.29 is 18.0 Å². The lowest BCUT2D eigenvalue weighted by Crippen LogP contribution is -2.52. The van der Waals surface area contributed by atoms with Crippen molar-refractivity contribution in [2.24, 2.45) is 11.7 Å². The topological polar surface area (TPSA) is 59.2 Å². The van der Waals surface area contributed by atoms with Gasteiger partial charge in [0.05, 0.1) is 17.8 Å². The zero-order valence-corrected chi connectivity index (χ0v) is 8.74. The largest absolute Gasteiger partial charge is 0.433 e. The van der Waals surface area contributed by atoms with Crippen molar-refractivity contribution in [2.45, 2.75) is 6.18 Å². The maximum absolute atomic E-state index is 12.2. The van der Waals surface area contributed by atoms with Crippen molar-refractivity contribution in [3.63, 3.8) is 0 Å². The first-order valence-corrected chi connectivity index (χ1v) is 4.95. The normalized spacial score (nSPS) is 16.8. The van der Waals surface area contributed by atoms with Gasteiger partial charge in [-0.3, -0.25) is 4.79 Å². The molecular formula is C10H10F3N3O. The van der Waals surface area contributed by atoms with Crippen molar-refractivity contribution in [3.05, 3.63) is 24.0 Å². The van der Waals surface area contributed by atoms with Crippen LogP contribution in [0, 0.1) is 5.92 Å². The number of carbonyl (C=O) groups is 1. The molecule has 17 heavy (non-hydrogen) atoms. The SMILES string of the molecule is NC(=O)C1CN(c2ccc(C(F)(F)F)nc2)C1. The van der Waals surface area contributed by atoms with Crippen molar-refractivity contribution in [3.8, 4) is 0 Å². The molecule has 1 aliphatic heterocycles. The van der Waals surface area contributed by atoms with Gasteiger partial charge in [-0.25, -0.2) is 4.98 Å². The molecule has 2 N–H and O–H groups in total. The maximum Gasteiger partial charge on any atom is 0.433 e. The van der Waals surface area contributed by atoms with E-state index in [0.717, 1.165) is 12.3 Å². The molecule has 0 saturated carbocycles. The van der Waals surface area contributed by atoms with Gasteiger partial charge in [-0.05, 0) is 12.1 Å². The Labute approximate surface area is 95.2 Å². The number of aromatic nitrogens is 1. The predicted octanol–water partition coefficient (Wildman–Crippen LogP) is 1.02. The molecule has 0 aromatic carbocycles. The molecule has 7 heteroatoms. The van der Waals surface area contributed by atoms with E-state index in [0.29, 0.717) is 18.8 Å². The predicted molar refractivity (Wildman–Crippen MR) is 54.1 cm³/mol. The van der Waals surface area contributed by atoms with Gasteiger partial charge in [0.25, 0.3) is 0 Å². The molecule has 0 spiro atoms. The van der Waals surface area contributed by atoms with E-state index in [2.05, 4.69) is 4.98 Å². The summed E-state index contributed by atoms with van der Waals surface area (Å²) >= 11 is 0. The Morgan fingerprint density at radius 1 is 1.41 bits per heavy atom. The van der Waals surface area contributed by atoms with Crippen LogP contribution in [0.4, 0.5) is 18.9 Å². The van der Waals surface area contributed by atoms with Gasteiger partial charge in [0.1, 0.15) is 5.69 Å². The highest BCUT2D eigenvalue weighted by atomic mass is 19.4. The smallest absolute Gasteiger partial charge is 0.369 e. The summed E-state index contributed by atoms with van der Waals surface area (Å²) in [5.74, 6) is -0.613. The summed E-state index contributed by atoms with van der Waals surface area (Å²) in [4.78, 5) is 15.9. The Morgan fingerprint density at radius 2 is 2.06 bits per heavy atom. The summed E-state index contributed by atoms with van der Waals surface area (Å²) in [7, 11) is 0. The molecule has 0 unspecified atom stereocenters. The minimum absolute atomic E-state index is 0.225. The van der Waals surface area contributed by atoms with Crippen molar-refractivity contribution in [1.82, 2.24) is 4.98 Å². The van der Waals surface area contributed by atoms with E-state index < -0.39 is 11.9 Å². The number of halogens is 3. The van der Waals surface area contributed by atoms with E-state index >= 15 is 0 Å². The monoisotopic (exact) mass is 245 g/mol. The number of hydrogen-bond donors (Lipinski definition) is 1. The molecule has 92 valence electrons. The Balaban J connectivity index is 2.03. The Hall–Kier alpha value is -1.79. The first-order valence-electron chi connectivity index (χ1n) is 4.95. The van der Waals surface area contributed by atoms with E-state index in [9.17, 15) is 18.0 Å². The van der Waals surface area contributed by atoms with Gasteiger partial charge in [-0.1, -0.05) is 0 Å². The molecule has 1 fully saturated rings. The van der Waals surface area contributed by atoms with Gasteiger partial charge in [0, 0.05) is 13.1 Å². The number of amides is 1. The van der Waals surface area contributed by atoms with Crippen LogP contribution in [-0.4, -0.2) is 24.0 Å². The molecule has 1 aromatic rings. The van der Waals surface area contributed by atoms with Crippen molar-refractivity contribution in [2.75, 3.05) is 18.0 Å². The lowest BCUT2D eigenvalue weighted by molar-refractivity contribution is -0.141. The second-order valence-electron chi connectivity index (χ2n) is 3.90. The molecule has 1 aromatic heterocycles. The Bertz CT molecular complexity index is 423. The second-order valence-corrected chi connectivity index (χ2v) is 3.90. The van der Waals surface area contributed by atoms with Crippen LogP contribution >= 0.6 is 0 Å². The van der Waals surface area contributed by atoms with Gasteiger partial charge < -0.3 is 10.6 Å². The van der Waals surface area contributed by atoms with Gasteiger partial charge in [-0.15, -0.1) is 0 Å². The van der Waals surface area contributed by atoms with Crippen LogP contribution in [0.2, 0.25) is 0 Å². The van der Waals surface area contributed by atoms with Crippen LogP contribution in [0.5, 0.6) is 0 Å². The summed E-state index contributed by atoms with van der Waals surface area (Å²) in [6.45, 7) is 0.866. The van der Waals surface area contributed by atoms with Crippen LogP contribution in [-0.2, 0) is 11.0 Å². The van der Waals surface area contributed by atoms with E-state index in [-0.39, 0.29) is 11.8 Å². The summed E-state index contributed by atoms with van der Waals surface area (Å²) in [5.41, 5.74) is 4.73. The maximum atomic E-state index is 12.2. The van der Waals surface area contributed by atoms with Crippen LogP contribution in [0.1, 0.15) is 5.69 Å². The van der Waals surface area contributed by atoms with Crippen LogP contribution < -0.4 is 10.6 Å². The van der Waals surface area contributed by atoms with Crippen LogP contribution in [0.25, 0.3) is 0 Å². The quantitative estimate of drug-likeness (QED) is 0.846. The number of anilines is 1. The molecule has 4 nitrogen and oxygen atoms in total. The highest BCUT2D eigenvalue weighted by molar-refractivity contribution is 5.80. The highest BCUT2D eigenvalue weighted by Crippen LogP contribution is 2.30. The molecule has 1 aliphatic rings. The molecule has 2 heterocycles. The lowest BCUT2D eigenvalue weighted by Gasteiger charge is -2.39. The van der Waals surface area contributed by atoms with Crippen molar-refractivity contribution >= 4 is 11.6 Å². The lowest BCUT2D eigenvalue weighted by atomic mass is 9.99. The summed E-state index contributed by atoms with van der Waals surface area (Å²) in [6.07, 6.45) is -3.27. The molecule has 0 aliphatic carbocycles. The molecule has 0 radical (unpaired) electrons. The van der Waals surface area contributed by atoms with Gasteiger partial charge in [0.15, 0.2) is 0 Å². The summed E-state index contributed by atoms with van der Waals surface area (Å²) in [6, 6.07) is 2.26. The number of nitrogens with zero attached hydrogens (tertiary/aromatic N) is 2. The summed E-state index contributed by atoms with van der Waals surface area (Å²) < 4.78 is 36.7. The number of nitrogens with two attached hydrogens (primary N) is 1. The first-order chi connectivity index (χ1) is 7.88. The first kappa shape index (κ1) is 11.7. The zero-order valence-electron chi connectivity index (χ0n) is 8.74. The summed E-state index contributed by atoms with van der Waals surface area (Å²) in [5, 5.41) is 0. The second kappa shape index (κ2) is 3.90. The molecular weight excluding hydrogens is 235 g/mol. The molecule has 0 bridgehead atoms. The van der Waals surface area contributed by atoms with E-state index in [1.54, 1.807) is 4.90 Å². The molecule has 0 atom stereocenters. The third-order valence-electron chi connectivity index (χ3n) is 2.69. The van der Waals surface area contributed by atoms with Gasteiger partial charge >= 0.3 is 6.18 Å². The standard InChI is InChI=1S/C10H10F3N3O/c11-10(12,13)8-2-1-7(3-15-8)16-4-6(5-16)9(14)17/h1-3,6H,4-5H2,(H2,14,17). The number of alkyl halides is 3. The molecule has 2 rings (SSSR count). The van der Waals surface area contributed by atoms with Gasteiger partial charge in [0.2, 0.25) is 5.91 Å². The molecule has 1 amide bonds. The fraction of sp³-hybridized carbons (Fsp3) is 0.400. The fourth-order valence-electron chi connectivity index (χ4n) is 1.61. The number of primary amides is 1. The third kappa shape index (κ3) is 2.32. The highest BCUT2D eigenvalue weighted by Gasteiger charge is 2.34. The Morgan fingerprint density at radius 3 is 2.47 bits per heavy atom. The number of hydrogen-bond acceptors (Lipinski definition) is 3.